The number of hydrogen-bond donors (Lipinski definition) is 1. The van der Waals surface area contributed by atoms with Crippen LogP contribution in [0.5, 0.6) is 0 Å². The van der Waals surface area contributed by atoms with Gasteiger partial charge in [0.2, 0.25) is 0 Å². The smallest absolute Gasteiger partial charge is 0.282 e. The van der Waals surface area contributed by atoms with Crippen molar-refractivity contribution in [2.24, 2.45) is 11.8 Å². The third kappa shape index (κ3) is 5.51. The van der Waals surface area contributed by atoms with E-state index in [2.05, 4.69) is 26.1 Å². The van der Waals surface area contributed by atoms with Crippen molar-refractivity contribution in [1.29, 1.82) is 0 Å². The molecule has 1 aliphatic rings. The molecular weight excluding hydrogens is 286 g/mol. The Kier molecular flexibility index (Phi) is 7.60. The lowest BCUT2D eigenvalue weighted by molar-refractivity contribution is 0.234. The molecule has 0 aromatic rings. The summed E-state index contributed by atoms with van der Waals surface area (Å²) in [7, 11) is -3.32. The zero-order chi connectivity index (χ0) is 16.0. The van der Waals surface area contributed by atoms with Gasteiger partial charge < -0.3 is 5.32 Å². The van der Waals surface area contributed by atoms with E-state index < -0.39 is 10.2 Å². The maximum atomic E-state index is 12.8. The predicted molar refractivity (Wildman–Crippen MR) is 88.4 cm³/mol. The molecule has 5 nitrogen and oxygen atoms in total. The standard InChI is InChI=1S/C15H33N3O2S/c1-6-16-11-15-7-9-17(10-8-15)21(19,20)18(14(4)5)12-13(2)3/h13-16H,6-12H2,1-5H3. The first kappa shape index (κ1) is 18.9. The monoisotopic (exact) mass is 319 g/mol. The largest absolute Gasteiger partial charge is 0.317 e. The van der Waals surface area contributed by atoms with Crippen molar-refractivity contribution in [2.75, 3.05) is 32.7 Å². The molecule has 0 amide bonds. The normalized spacial score (nSPS) is 19.0. The summed E-state index contributed by atoms with van der Waals surface area (Å²) in [4.78, 5) is 0. The van der Waals surface area contributed by atoms with Gasteiger partial charge in [-0.15, -0.1) is 0 Å². The fourth-order valence-corrected chi connectivity index (χ4v) is 4.76. The van der Waals surface area contributed by atoms with Crippen LogP contribution < -0.4 is 5.32 Å². The summed E-state index contributed by atoms with van der Waals surface area (Å²) in [5, 5.41) is 3.36. The number of nitrogens with one attached hydrogen (secondary N) is 1. The molecule has 1 aliphatic heterocycles. The van der Waals surface area contributed by atoms with Crippen molar-refractivity contribution in [2.45, 2.75) is 53.5 Å². The summed E-state index contributed by atoms with van der Waals surface area (Å²) < 4.78 is 29.0. The van der Waals surface area contributed by atoms with E-state index >= 15 is 0 Å². The fourth-order valence-electron chi connectivity index (χ4n) is 2.77. The molecule has 1 fully saturated rings. The molecular formula is C15H33N3O2S. The van der Waals surface area contributed by atoms with Crippen LogP contribution in [0.2, 0.25) is 0 Å². The molecule has 0 saturated carbocycles. The van der Waals surface area contributed by atoms with E-state index in [1.54, 1.807) is 8.61 Å². The van der Waals surface area contributed by atoms with E-state index in [9.17, 15) is 8.42 Å². The van der Waals surface area contributed by atoms with E-state index in [0.717, 1.165) is 25.9 Å². The van der Waals surface area contributed by atoms with Gasteiger partial charge in [-0.1, -0.05) is 20.8 Å². The third-order valence-electron chi connectivity index (χ3n) is 4.00. The van der Waals surface area contributed by atoms with Gasteiger partial charge in [-0.2, -0.15) is 17.0 Å². The molecule has 0 aromatic heterocycles. The molecule has 0 bridgehead atoms. The summed E-state index contributed by atoms with van der Waals surface area (Å²) in [6.45, 7) is 14.0. The predicted octanol–water partition coefficient (Wildman–Crippen LogP) is 1.92. The van der Waals surface area contributed by atoms with Gasteiger partial charge in [0.25, 0.3) is 10.2 Å². The van der Waals surface area contributed by atoms with Crippen molar-refractivity contribution in [3.05, 3.63) is 0 Å². The lowest BCUT2D eigenvalue weighted by Crippen LogP contribution is -2.51. The highest BCUT2D eigenvalue weighted by molar-refractivity contribution is 7.86. The average molecular weight is 320 g/mol. The number of piperidine rings is 1. The highest BCUT2D eigenvalue weighted by Crippen LogP contribution is 2.22. The Bertz CT molecular complexity index is 388. The molecule has 0 atom stereocenters. The van der Waals surface area contributed by atoms with Crippen molar-refractivity contribution in [1.82, 2.24) is 13.9 Å². The molecule has 1 saturated heterocycles. The SMILES string of the molecule is CCNCC1CCN(S(=O)(=O)N(CC(C)C)C(C)C)CC1. The molecule has 0 aliphatic carbocycles. The van der Waals surface area contributed by atoms with Gasteiger partial charge in [-0.05, 0) is 51.6 Å². The Morgan fingerprint density at radius 2 is 1.76 bits per heavy atom. The van der Waals surface area contributed by atoms with Crippen LogP contribution in [-0.4, -0.2) is 55.8 Å². The van der Waals surface area contributed by atoms with Gasteiger partial charge in [0, 0.05) is 25.7 Å². The zero-order valence-corrected chi connectivity index (χ0v) is 15.1. The molecule has 21 heavy (non-hydrogen) atoms. The minimum absolute atomic E-state index is 0.0110. The summed E-state index contributed by atoms with van der Waals surface area (Å²) >= 11 is 0. The second-order valence-corrected chi connectivity index (χ2v) is 8.60. The maximum absolute atomic E-state index is 12.8. The third-order valence-corrected chi connectivity index (χ3v) is 6.18. The Morgan fingerprint density at radius 3 is 2.19 bits per heavy atom. The van der Waals surface area contributed by atoms with Gasteiger partial charge in [-0.25, -0.2) is 0 Å². The van der Waals surface area contributed by atoms with Gasteiger partial charge in [0.1, 0.15) is 0 Å². The van der Waals surface area contributed by atoms with E-state index in [1.165, 1.54) is 0 Å². The molecule has 0 radical (unpaired) electrons. The molecule has 0 aromatic carbocycles. The van der Waals surface area contributed by atoms with Crippen LogP contribution in [0.15, 0.2) is 0 Å². The topological polar surface area (TPSA) is 52.7 Å². The number of hydrogen-bond acceptors (Lipinski definition) is 3. The lowest BCUT2D eigenvalue weighted by atomic mass is 9.98. The van der Waals surface area contributed by atoms with E-state index in [4.69, 9.17) is 0 Å². The molecule has 1 heterocycles. The molecule has 6 heteroatoms. The number of nitrogens with zero attached hydrogens (tertiary/aromatic N) is 2. The summed E-state index contributed by atoms with van der Waals surface area (Å²) in [6.07, 6.45) is 1.92. The highest BCUT2D eigenvalue weighted by Gasteiger charge is 2.34. The van der Waals surface area contributed by atoms with Crippen LogP contribution in [0, 0.1) is 11.8 Å². The Labute approximate surface area is 131 Å². The lowest BCUT2D eigenvalue weighted by Gasteiger charge is -2.37. The molecule has 126 valence electrons. The quantitative estimate of drug-likeness (QED) is 0.743. The van der Waals surface area contributed by atoms with E-state index in [1.807, 2.05) is 13.8 Å². The van der Waals surface area contributed by atoms with Crippen LogP contribution in [0.4, 0.5) is 0 Å². The second kappa shape index (κ2) is 8.46. The number of rotatable bonds is 8. The molecule has 1 rings (SSSR count). The van der Waals surface area contributed by atoms with Crippen LogP contribution in [0.25, 0.3) is 0 Å². The van der Waals surface area contributed by atoms with E-state index in [0.29, 0.717) is 31.5 Å². The van der Waals surface area contributed by atoms with Crippen molar-refractivity contribution < 1.29 is 8.42 Å². The summed E-state index contributed by atoms with van der Waals surface area (Å²) in [6, 6.07) is 0.0110. The van der Waals surface area contributed by atoms with Crippen LogP contribution in [-0.2, 0) is 10.2 Å². The fraction of sp³-hybridized carbons (Fsp3) is 1.00. The highest BCUT2D eigenvalue weighted by atomic mass is 32.2. The van der Waals surface area contributed by atoms with Crippen molar-refractivity contribution >= 4 is 10.2 Å². The van der Waals surface area contributed by atoms with E-state index in [-0.39, 0.29) is 6.04 Å². The van der Waals surface area contributed by atoms with Gasteiger partial charge in [-0.3, -0.25) is 0 Å². The first-order valence-electron chi connectivity index (χ1n) is 8.26. The van der Waals surface area contributed by atoms with Gasteiger partial charge >= 0.3 is 0 Å². The van der Waals surface area contributed by atoms with Crippen molar-refractivity contribution in [3.8, 4) is 0 Å². The first-order chi connectivity index (χ1) is 9.78. The molecule has 0 spiro atoms. The Morgan fingerprint density at radius 1 is 1.19 bits per heavy atom. The zero-order valence-electron chi connectivity index (χ0n) is 14.3. The Hall–Kier alpha value is -0.170. The van der Waals surface area contributed by atoms with Crippen LogP contribution >= 0.6 is 0 Å². The molecule has 0 unspecified atom stereocenters. The maximum Gasteiger partial charge on any atom is 0.282 e. The van der Waals surface area contributed by atoms with Crippen LogP contribution in [0.1, 0.15) is 47.5 Å². The van der Waals surface area contributed by atoms with Gasteiger partial charge in [0.05, 0.1) is 0 Å². The first-order valence-corrected chi connectivity index (χ1v) is 9.66. The molecule has 1 N–H and O–H groups in total. The van der Waals surface area contributed by atoms with Crippen LogP contribution in [0.3, 0.4) is 0 Å². The summed E-state index contributed by atoms with van der Waals surface area (Å²) in [5.41, 5.74) is 0. The van der Waals surface area contributed by atoms with Crippen molar-refractivity contribution in [3.63, 3.8) is 0 Å². The minimum atomic E-state index is -3.32. The average Bonchev–Trinajstić information content (AvgIpc) is 2.42. The van der Waals surface area contributed by atoms with Gasteiger partial charge in [0.15, 0.2) is 0 Å². The minimum Gasteiger partial charge on any atom is -0.317 e. The Balaban J connectivity index is 2.66. The second-order valence-electron chi connectivity index (χ2n) is 6.72. The summed E-state index contributed by atoms with van der Waals surface area (Å²) in [5.74, 6) is 0.947.